The number of carbonyl (C=O) groups excluding carboxylic acids is 2. The van der Waals surface area contributed by atoms with Crippen molar-refractivity contribution >= 4 is 27.6 Å². The highest BCUT2D eigenvalue weighted by atomic mass is 32.2. The molecule has 1 aliphatic heterocycles. The summed E-state index contributed by atoms with van der Waals surface area (Å²) in [6, 6.07) is 22.5. The Balaban J connectivity index is 1.40. The van der Waals surface area contributed by atoms with E-state index in [0.29, 0.717) is 17.9 Å². The number of ether oxygens (including phenoxy) is 2. The Hall–Kier alpha value is -3.69. The van der Waals surface area contributed by atoms with E-state index in [-0.39, 0.29) is 29.8 Å². The second kappa shape index (κ2) is 10.9. The maximum absolute atomic E-state index is 13.1. The molecule has 1 heterocycles. The Labute approximate surface area is 210 Å². The van der Waals surface area contributed by atoms with Crippen LogP contribution in [0.2, 0.25) is 0 Å². The van der Waals surface area contributed by atoms with Crippen molar-refractivity contribution < 1.29 is 27.5 Å². The van der Waals surface area contributed by atoms with Crippen LogP contribution in [0.25, 0.3) is 0 Å². The predicted octanol–water partition coefficient (Wildman–Crippen LogP) is 3.63. The maximum atomic E-state index is 13.1. The predicted molar refractivity (Wildman–Crippen MR) is 135 cm³/mol. The lowest BCUT2D eigenvalue weighted by molar-refractivity contribution is -0.148. The van der Waals surface area contributed by atoms with Crippen LogP contribution >= 0.6 is 0 Å². The highest BCUT2D eigenvalue weighted by Crippen LogP contribution is 2.34. The number of fused-ring (bicyclic) bond motifs is 1. The van der Waals surface area contributed by atoms with Crippen molar-refractivity contribution in [1.29, 1.82) is 0 Å². The number of benzene rings is 3. The van der Waals surface area contributed by atoms with Crippen molar-refractivity contribution in [2.75, 3.05) is 18.6 Å². The van der Waals surface area contributed by atoms with E-state index in [9.17, 15) is 18.0 Å². The molecule has 0 fully saturated rings. The lowest BCUT2D eigenvalue weighted by atomic mass is 10.1. The molecule has 3 aromatic carbocycles. The van der Waals surface area contributed by atoms with Crippen LogP contribution in [0.4, 0.5) is 5.69 Å². The zero-order valence-corrected chi connectivity index (χ0v) is 20.9. The van der Waals surface area contributed by atoms with Crippen LogP contribution in [0, 0.1) is 0 Å². The monoisotopic (exact) mass is 508 g/mol. The highest BCUT2D eigenvalue weighted by molar-refractivity contribution is 7.89. The number of anilines is 1. The summed E-state index contributed by atoms with van der Waals surface area (Å²) < 4.78 is 38.8. The van der Waals surface area contributed by atoms with Gasteiger partial charge in [-0.3, -0.25) is 4.79 Å². The van der Waals surface area contributed by atoms with E-state index in [1.54, 1.807) is 43.3 Å². The van der Waals surface area contributed by atoms with Crippen molar-refractivity contribution in [2.24, 2.45) is 0 Å². The van der Waals surface area contributed by atoms with Gasteiger partial charge < -0.3 is 14.4 Å². The molecule has 0 spiro atoms. The molecule has 1 N–H and O–H groups in total. The number of hydrogen-bond donors (Lipinski definition) is 1. The summed E-state index contributed by atoms with van der Waals surface area (Å²) in [5, 5.41) is 0. The lowest BCUT2D eigenvalue weighted by Crippen LogP contribution is -2.47. The van der Waals surface area contributed by atoms with Gasteiger partial charge in [0.15, 0.2) is 0 Å². The van der Waals surface area contributed by atoms with Crippen molar-refractivity contribution in [3.63, 3.8) is 0 Å². The van der Waals surface area contributed by atoms with E-state index >= 15 is 0 Å². The molecule has 36 heavy (non-hydrogen) atoms. The molecule has 1 aliphatic rings. The fourth-order valence-electron chi connectivity index (χ4n) is 4.06. The fourth-order valence-corrected chi connectivity index (χ4v) is 5.29. The number of rotatable bonds is 8. The van der Waals surface area contributed by atoms with Gasteiger partial charge in [0.05, 0.1) is 24.2 Å². The van der Waals surface area contributed by atoms with Crippen LogP contribution in [-0.4, -0.2) is 40.1 Å². The average Bonchev–Trinajstić information content (AvgIpc) is 2.91. The van der Waals surface area contributed by atoms with Gasteiger partial charge in [-0.25, -0.2) is 17.9 Å². The van der Waals surface area contributed by atoms with Crippen LogP contribution in [0.5, 0.6) is 5.75 Å². The third kappa shape index (κ3) is 5.75. The van der Waals surface area contributed by atoms with Gasteiger partial charge in [-0.05, 0) is 48.7 Å². The first-order valence-corrected chi connectivity index (χ1v) is 13.1. The Morgan fingerprint density at radius 3 is 2.39 bits per heavy atom. The molecule has 2 atom stereocenters. The summed E-state index contributed by atoms with van der Waals surface area (Å²) >= 11 is 0. The third-order valence-electron chi connectivity index (χ3n) is 6.03. The van der Waals surface area contributed by atoms with Crippen LogP contribution in [-0.2, 0) is 30.8 Å². The van der Waals surface area contributed by atoms with E-state index in [1.807, 2.05) is 30.3 Å². The zero-order chi connectivity index (χ0) is 25.7. The van der Waals surface area contributed by atoms with Crippen molar-refractivity contribution in [3.8, 4) is 5.75 Å². The van der Waals surface area contributed by atoms with Crippen molar-refractivity contribution in [1.82, 2.24) is 4.72 Å². The molecule has 9 heteroatoms. The van der Waals surface area contributed by atoms with Crippen molar-refractivity contribution in [2.45, 2.75) is 36.8 Å². The Kier molecular flexibility index (Phi) is 7.71. The fraction of sp³-hybridized carbons (Fsp3) is 0.259. The molecule has 0 radical (unpaired) electrons. The second-order valence-corrected chi connectivity index (χ2v) is 10.2. The first-order chi connectivity index (χ1) is 17.3. The topological polar surface area (TPSA) is 102 Å². The molecule has 8 nitrogen and oxygen atoms in total. The minimum absolute atomic E-state index is 0.0605. The number of para-hydroxylation sites is 2. The minimum Gasteiger partial charge on any atom is -0.475 e. The van der Waals surface area contributed by atoms with E-state index in [1.165, 1.54) is 24.1 Å². The SMILES string of the molecule is COC(=O)[C@H]1CN(C(=O)CCc2ccc(S(=O)(=O)N[C@H](C)c3ccccc3)cc2)c2ccccc2O1. The van der Waals surface area contributed by atoms with Gasteiger partial charge in [-0.2, -0.15) is 0 Å². The number of aryl methyl sites for hydroxylation is 1. The molecule has 0 aromatic heterocycles. The first kappa shape index (κ1) is 25.4. The van der Waals surface area contributed by atoms with Gasteiger partial charge in [-0.1, -0.05) is 54.6 Å². The molecule has 0 saturated carbocycles. The number of methoxy groups -OCH3 is 1. The third-order valence-corrected chi connectivity index (χ3v) is 7.59. The Bertz CT molecular complexity index is 1330. The molecule has 1 amide bonds. The van der Waals surface area contributed by atoms with Gasteiger partial charge in [0, 0.05) is 12.5 Å². The van der Waals surface area contributed by atoms with Crippen molar-refractivity contribution in [3.05, 3.63) is 90.0 Å². The van der Waals surface area contributed by atoms with Crippen LogP contribution in [0.3, 0.4) is 0 Å². The molecule has 4 rings (SSSR count). The van der Waals surface area contributed by atoms with Crippen LogP contribution < -0.4 is 14.4 Å². The van der Waals surface area contributed by atoms with Gasteiger partial charge >= 0.3 is 5.97 Å². The summed E-state index contributed by atoms with van der Waals surface area (Å²) in [5.74, 6) is -0.275. The van der Waals surface area contributed by atoms with E-state index < -0.39 is 22.1 Å². The molecule has 188 valence electrons. The molecule has 3 aromatic rings. The molecular weight excluding hydrogens is 480 g/mol. The number of nitrogens with one attached hydrogen (secondary N) is 1. The molecule has 0 saturated heterocycles. The minimum atomic E-state index is -3.71. The maximum Gasteiger partial charge on any atom is 0.348 e. The normalized spacial score (nSPS) is 15.9. The summed E-state index contributed by atoms with van der Waals surface area (Å²) in [6.07, 6.45) is -0.309. The van der Waals surface area contributed by atoms with Gasteiger partial charge in [0.25, 0.3) is 0 Å². The largest absolute Gasteiger partial charge is 0.475 e. The average molecular weight is 509 g/mol. The van der Waals surface area contributed by atoms with Gasteiger partial charge in [0.2, 0.25) is 22.0 Å². The number of nitrogens with zero attached hydrogens (tertiary/aromatic N) is 1. The van der Waals surface area contributed by atoms with E-state index in [4.69, 9.17) is 9.47 Å². The summed E-state index contributed by atoms with van der Waals surface area (Å²) in [5.41, 5.74) is 2.29. The zero-order valence-electron chi connectivity index (χ0n) is 20.1. The number of sulfonamides is 1. The van der Waals surface area contributed by atoms with Crippen LogP contribution in [0.1, 0.15) is 30.5 Å². The molecule has 0 bridgehead atoms. The second-order valence-electron chi connectivity index (χ2n) is 8.50. The van der Waals surface area contributed by atoms with Crippen LogP contribution in [0.15, 0.2) is 83.8 Å². The summed E-state index contributed by atoms with van der Waals surface area (Å²) in [7, 11) is -2.43. The van der Waals surface area contributed by atoms with E-state index in [2.05, 4.69) is 4.72 Å². The molecule has 0 unspecified atom stereocenters. The number of carbonyl (C=O) groups is 2. The number of hydrogen-bond acceptors (Lipinski definition) is 6. The smallest absolute Gasteiger partial charge is 0.348 e. The number of amides is 1. The quantitative estimate of drug-likeness (QED) is 0.467. The standard InChI is InChI=1S/C27H28N2O6S/c1-19(21-8-4-3-5-9-21)28-36(32,33)22-15-12-20(13-16-22)14-17-26(30)29-18-25(27(31)34-2)35-24-11-7-6-10-23(24)29/h3-13,15-16,19,25,28H,14,17-18H2,1-2H3/t19-,25-/m1/s1. The number of esters is 1. The lowest BCUT2D eigenvalue weighted by Gasteiger charge is -2.33. The highest BCUT2D eigenvalue weighted by Gasteiger charge is 2.34. The van der Waals surface area contributed by atoms with Gasteiger partial charge in [-0.15, -0.1) is 0 Å². The first-order valence-electron chi connectivity index (χ1n) is 11.6. The summed E-state index contributed by atoms with van der Waals surface area (Å²) in [4.78, 5) is 26.8. The summed E-state index contributed by atoms with van der Waals surface area (Å²) in [6.45, 7) is 1.85. The Morgan fingerprint density at radius 2 is 1.69 bits per heavy atom. The van der Waals surface area contributed by atoms with Gasteiger partial charge in [0.1, 0.15) is 5.75 Å². The Morgan fingerprint density at radius 1 is 1.03 bits per heavy atom. The molecular formula is C27H28N2O6S. The molecule has 0 aliphatic carbocycles. The van der Waals surface area contributed by atoms with E-state index in [0.717, 1.165) is 11.1 Å².